The maximum Gasteiger partial charge on any atom is 0.0944 e. The monoisotopic (exact) mass is 150 g/mol. The lowest BCUT2D eigenvalue weighted by atomic mass is 9.83. The molecule has 0 unspecified atom stereocenters. The molecular formula is C10H14O. The van der Waals surface area contributed by atoms with Gasteiger partial charge in [-0.05, 0) is 22.6 Å². The highest BCUT2D eigenvalue weighted by Gasteiger charge is 2.20. The van der Waals surface area contributed by atoms with Gasteiger partial charge < -0.3 is 4.74 Å². The van der Waals surface area contributed by atoms with E-state index >= 15 is 0 Å². The highest BCUT2D eigenvalue weighted by molar-refractivity contribution is 5.41. The van der Waals surface area contributed by atoms with E-state index in [9.17, 15) is 0 Å². The standard InChI is InChI=1S/C10H14O/c1-8-5-6-11-7-9(8)10(2,3)4/h5-7H,1H2,2-4H3. The molecule has 0 atom stereocenters. The largest absolute Gasteiger partial charge is 0.472 e. The summed E-state index contributed by atoms with van der Waals surface area (Å²) in [5.74, 6) is 0. The molecule has 1 heteroatoms. The number of allylic oxidation sites excluding steroid dienone is 3. The molecule has 0 spiro atoms. The summed E-state index contributed by atoms with van der Waals surface area (Å²) in [5.41, 5.74) is 2.34. The van der Waals surface area contributed by atoms with Crippen LogP contribution >= 0.6 is 0 Å². The Morgan fingerprint density at radius 1 is 1.36 bits per heavy atom. The van der Waals surface area contributed by atoms with E-state index in [2.05, 4.69) is 27.4 Å². The summed E-state index contributed by atoms with van der Waals surface area (Å²) in [5, 5.41) is 0. The van der Waals surface area contributed by atoms with E-state index in [0.29, 0.717) is 0 Å². The molecule has 0 bridgehead atoms. The molecule has 0 amide bonds. The number of hydrogen-bond donors (Lipinski definition) is 0. The van der Waals surface area contributed by atoms with Crippen LogP contribution in [0.3, 0.4) is 0 Å². The maximum absolute atomic E-state index is 5.08. The molecule has 0 N–H and O–H groups in total. The van der Waals surface area contributed by atoms with E-state index in [1.54, 1.807) is 12.5 Å². The zero-order valence-electron chi connectivity index (χ0n) is 7.35. The van der Waals surface area contributed by atoms with Crippen LogP contribution < -0.4 is 0 Å². The van der Waals surface area contributed by atoms with Crippen molar-refractivity contribution in [3.63, 3.8) is 0 Å². The molecule has 0 aliphatic carbocycles. The SMILES string of the molecule is C=C1C=COC=C1C(C)(C)C. The molecule has 0 saturated carbocycles. The van der Waals surface area contributed by atoms with Crippen LogP contribution in [0.2, 0.25) is 0 Å². The van der Waals surface area contributed by atoms with Crippen molar-refractivity contribution in [2.24, 2.45) is 5.41 Å². The molecule has 1 aliphatic heterocycles. The summed E-state index contributed by atoms with van der Waals surface area (Å²) < 4.78 is 5.08. The van der Waals surface area contributed by atoms with Crippen molar-refractivity contribution in [2.75, 3.05) is 0 Å². The number of ether oxygens (including phenoxy) is 1. The lowest BCUT2D eigenvalue weighted by Gasteiger charge is -2.24. The minimum Gasteiger partial charge on any atom is -0.472 e. The lowest BCUT2D eigenvalue weighted by Crippen LogP contribution is -2.12. The molecule has 0 radical (unpaired) electrons. The molecule has 1 aliphatic rings. The predicted octanol–water partition coefficient (Wildman–Crippen LogP) is 3.02. The van der Waals surface area contributed by atoms with Gasteiger partial charge in [0, 0.05) is 0 Å². The minimum absolute atomic E-state index is 0.127. The summed E-state index contributed by atoms with van der Waals surface area (Å²) in [6, 6.07) is 0. The maximum atomic E-state index is 5.08. The Labute approximate surface area is 68.1 Å². The van der Waals surface area contributed by atoms with Crippen molar-refractivity contribution in [1.82, 2.24) is 0 Å². The summed E-state index contributed by atoms with van der Waals surface area (Å²) in [7, 11) is 0. The predicted molar refractivity (Wildman–Crippen MR) is 46.9 cm³/mol. The van der Waals surface area contributed by atoms with Crippen LogP contribution in [0.5, 0.6) is 0 Å². The highest BCUT2D eigenvalue weighted by Crippen LogP contribution is 2.32. The summed E-state index contributed by atoms with van der Waals surface area (Å²) in [4.78, 5) is 0. The van der Waals surface area contributed by atoms with Crippen molar-refractivity contribution < 1.29 is 4.74 Å². The fourth-order valence-electron chi connectivity index (χ4n) is 1.05. The lowest BCUT2D eigenvalue weighted by molar-refractivity contribution is 0.371. The molecule has 0 fully saturated rings. The Bertz CT molecular complexity index is 226. The molecule has 0 aromatic carbocycles. The third-order valence-corrected chi connectivity index (χ3v) is 1.69. The van der Waals surface area contributed by atoms with E-state index in [0.717, 1.165) is 5.57 Å². The summed E-state index contributed by atoms with van der Waals surface area (Å²) >= 11 is 0. The normalized spacial score (nSPS) is 17.7. The Hall–Kier alpha value is -0.980. The van der Waals surface area contributed by atoms with E-state index in [-0.39, 0.29) is 5.41 Å². The summed E-state index contributed by atoms with van der Waals surface area (Å²) in [6.45, 7) is 10.4. The van der Waals surface area contributed by atoms with Crippen LogP contribution in [-0.4, -0.2) is 0 Å². The van der Waals surface area contributed by atoms with Gasteiger partial charge in [0.25, 0.3) is 0 Å². The molecule has 0 aromatic heterocycles. The van der Waals surface area contributed by atoms with Gasteiger partial charge in [-0.1, -0.05) is 27.4 Å². The third-order valence-electron chi connectivity index (χ3n) is 1.69. The molecule has 1 rings (SSSR count). The Kier molecular flexibility index (Phi) is 1.90. The first kappa shape index (κ1) is 8.12. The molecule has 1 heterocycles. The average molecular weight is 150 g/mol. The van der Waals surface area contributed by atoms with E-state index < -0.39 is 0 Å². The van der Waals surface area contributed by atoms with Crippen LogP contribution in [0.25, 0.3) is 0 Å². The van der Waals surface area contributed by atoms with Gasteiger partial charge in [-0.25, -0.2) is 0 Å². The van der Waals surface area contributed by atoms with Gasteiger partial charge in [0.15, 0.2) is 0 Å². The zero-order chi connectivity index (χ0) is 8.48. The molecule has 1 nitrogen and oxygen atoms in total. The fourth-order valence-corrected chi connectivity index (χ4v) is 1.05. The van der Waals surface area contributed by atoms with Gasteiger partial charge in [-0.3, -0.25) is 0 Å². The second kappa shape index (κ2) is 2.57. The first-order valence-corrected chi connectivity index (χ1v) is 3.74. The Morgan fingerprint density at radius 2 is 2.00 bits per heavy atom. The second-order valence-electron chi connectivity index (χ2n) is 3.75. The first-order valence-electron chi connectivity index (χ1n) is 3.74. The molecule has 0 aromatic rings. The van der Waals surface area contributed by atoms with Gasteiger partial charge in [0.2, 0.25) is 0 Å². The quantitative estimate of drug-likeness (QED) is 0.515. The zero-order valence-corrected chi connectivity index (χ0v) is 7.35. The summed E-state index contributed by atoms with van der Waals surface area (Å²) in [6.07, 6.45) is 5.31. The first-order chi connectivity index (χ1) is 5.02. The second-order valence-corrected chi connectivity index (χ2v) is 3.75. The van der Waals surface area contributed by atoms with E-state index in [1.165, 1.54) is 5.57 Å². The number of rotatable bonds is 0. The van der Waals surface area contributed by atoms with E-state index in [4.69, 9.17) is 4.74 Å². The fraction of sp³-hybridized carbons (Fsp3) is 0.400. The topological polar surface area (TPSA) is 9.23 Å². The molecule has 0 saturated heterocycles. The van der Waals surface area contributed by atoms with Crippen LogP contribution in [-0.2, 0) is 4.74 Å². The van der Waals surface area contributed by atoms with Gasteiger partial charge in [0.1, 0.15) is 0 Å². The van der Waals surface area contributed by atoms with Crippen molar-refractivity contribution in [3.05, 3.63) is 36.3 Å². The highest BCUT2D eigenvalue weighted by atomic mass is 16.5. The number of hydrogen-bond acceptors (Lipinski definition) is 1. The van der Waals surface area contributed by atoms with Crippen molar-refractivity contribution >= 4 is 0 Å². The van der Waals surface area contributed by atoms with Crippen LogP contribution in [0, 0.1) is 5.41 Å². The third kappa shape index (κ3) is 1.73. The Balaban J connectivity index is 2.89. The van der Waals surface area contributed by atoms with Crippen LogP contribution in [0.4, 0.5) is 0 Å². The smallest absolute Gasteiger partial charge is 0.0944 e. The van der Waals surface area contributed by atoms with Crippen molar-refractivity contribution in [2.45, 2.75) is 20.8 Å². The van der Waals surface area contributed by atoms with Gasteiger partial charge in [-0.15, -0.1) is 0 Å². The minimum atomic E-state index is 0.127. The van der Waals surface area contributed by atoms with Crippen molar-refractivity contribution in [3.8, 4) is 0 Å². The molecule has 11 heavy (non-hydrogen) atoms. The van der Waals surface area contributed by atoms with Crippen LogP contribution in [0.15, 0.2) is 36.3 Å². The van der Waals surface area contributed by atoms with E-state index in [1.807, 2.05) is 6.08 Å². The van der Waals surface area contributed by atoms with Gasteiger partial charge in [-0.2, -0.15) is 0 Å². The van der Waals surface area contributed by atoms with Gasteiger partial charge >= 0.3 is 0 Å². The van der Waals surface area contributed by atoms with Crippen LogP contribution in [0.1, 0.15) is 20.8 Å². The molecular weight excluding hydrogens is 136 g/mol. The average Bonchev–Trinajstić information content (AvgIpc) is 1.86. The molecule has 60 valence electrons. The van der Waals surface area contributed by atoms with Crippen molar-refractivity contribution in [1.29, 1.82) is 0 Å². The van der Waals surface area contributed by atoms with Gasteiger partial charge in [0.05, 0.1) is 12.5 Å². The Morgan fingerprint density at radius 3 is 2.36 bits per heavy atom.